The predicted octanol–water partition coefficient (Wildman–Crippen LogP) is 3.76. The van der Waals surface area contributed by atoms with Gasteiger partial charge in [-0.25, -0.2) is 9.78 Å². The van der Waals surface area contributed by atoms with Crippen LogP contribution >= 0.6 is 11.3 Å². The third-order valence-electron chi connectivity index (χ3n) is 3.17. The molecule has 2 N–H and O–H groups in total. The molecular weight excluding hydrogens is 312 g/mol. The minimum Gasteiger partial charge on any atom is -0.478 e. The van der Waals surface area contributed by atoms with Gasteiger partial charge in [0.05, 0.1) is 17.3 Å². The summed E-state index contributed by atoms with van der Waals surface area (Å²) in [6, 6.07) is 15.7. The van der Waals surface area contributed by atoms with Gasteiger partial charge in [-0.1, -0.05) is 53.8 Å². The van der Waals surface area contributed by atoms with Gasteiger partial charge in [0.2, 0.25) is 0 Å². The highest BCUT2D eigenvalue weighted by atomic mass is 32.1. The molecule has 0 spiro atoms. The van der Waals surface area contributed by atoms with Crippen LogP contribution in [-0.2, 0) is 0 Å². The maximum absolute atomic E-state index is 12.3. The molecule has 3 rings (SSSR count). The maximum Gasteiger partial charge on any atom is 0.336 e. The fourth-order valence-corrected chi connectivity index (χ4v) is 2.91. The molecule has 0 atom stereocenters. The SMILES string of the molecule is O=C(O)c1ccccc1C(=O)Nc1cnc(-c2ccccc2)s1. The Morgan fingerprint density at radius 2 is 1.61 bits per heavy atom. The smallest absolute Gasteiger partial charge is 0.336 e. The molecule has 0 saturated heterocycles. The van der Waals surface area contributed by atoms with Crippen LogP contribution < -0.4 is 5.32 Å². The fraction of sp³-hybridized carbons (Fsp3) is 0. The van der Waals surface area contributed by atoms with E-state index in [0.717, 1.165) is 10.6 Å². The van der Waals surface area contributed by atoms with Gasteiger partial charge in [0.15, 0.2) is 0 Å². The number of carboxylic acid groups (broad SMARTS) is 1. The van der Waals surface area contributed by atoms with Crippen molar-refractivity contribution in [2.75, 3.05) is 5.32 Å². The van der Waals surface area contributed by atoms with Crippen molar-refractivity contribution in [3.8, 4) is 10.6 Å². The number of rotatable bonds is 4. The first-order chi connectivity index (χ1) is 11.1. The lowest BCUT2D eigenvalue weighted by Gasteiger charge is -2.05. The number of hydrogen-bond acceptors (Lipinski definition) is 4. The van der Waals surface area contributed by atoms with Crippen molar-refractivity contribution in [3.63, 3.8) is 0 Å². The van der Waals surface area contributed by atoms with Gasteiger partial charge in [0.25, 0.3) is 5.91 Å². The molecule has 23 heavy (non-hydrogen) atoms. The Morgan fingerprint density at radius 1 is 0.957 bits per heavy atom. The van der Waals surface area contributed by atoms with E-state index in [0.29, 0.717) is 5.00 Å². The Balaban J connectivity index is 1.82. The minimum absolute atomic E-state index is 0.0298. The van der Waals surface area contributed by atoms with Gasteiger partial charge in [-0.05, 0) is 12.1 Å². The van der Waals surface area contributed by atoms with E-state index < -0.39 is 11.9 Å². The van der Waals surface area contributed by atoms with E-state index in [1.165, 1.54) is 23.5 Å². The third-order valence-corrected chi connectivity index (χ3v) is 4.13. The number of carbonyl (C=O) groups excluding carboxylic acids is 1. The maximum atomic E-state index is 12.3. The van der Waals surface area contributed by atoms with E-state index in [-0.39, 0.29) is 11.1 Å². The van der Waals surface area contributed by atoms with Gasteiger partial charge >= 0.3 is 5.97 Å². The van der Waals surface area contributed by atoms with Gasteiger partial charge in [-0.2, -0.15) is 0 Å². The first-order valence-electron chi connectivity index (χ1n) is 6.80. The van der Waals surface area contributed by atoms with E-state index >= 15 is 0 Å². The summed E-state index contributed by atoms with van der Waals surface area (Å²) in [7, 11) is 0. The molecule has 0 aliphatic carbocycles. The first kappa shape index (κ1) is 14.9. The van der Waals surface area contributed by atoms with E-state index in [2.05, 4.69) is 10.3 Å². The highest BCUT2D eigenvalue weighted by molar-refractivity contribution is 7.19. The topological polar surface area (TPSA) is 79.3 Å². The average Bonchev–Trinajstić information content (AvgIpc) is 3.04. The molecule has 1 aromatic heterocycles. The molecule has 0 unspecified atom stereocenters. The van der Waals surface area contributed by atoms with Crippen LogP contribution in [0, 0.1) is 0 Å². The zero-order valence-electron chi connectivity index (χ0n) is 11.9. The van der Waals surface area contributed by atoms with Crippen molar-refractivity contribution in [3.05, 3.63) is 71.9 Å². The first-order valence-corrected chi connectivity index (χ1v) is 7.62. The molecule has 0 aliphatic heterocycles. The predicted molar refractivity (Wildman–Crippen MR) is 88.9 cm³/mol. The van der Waals surface area contributed by atoms with Crippen molar-refractivity contribution in [1.82, 2.24) is 4.98 Å². The number of amides is 1. The Bertz CT molecular complexity index is 859. The van der Waals surface area contributed by atoms with Gasteiger partial charge in [-0.15, -0.1) is 0 Å². The van der Waals surface area contributed by atoms with E-state index in [4.69, 9.17) is 5.11 Å². The number of aromatic carboxylic acids is 1. The third kappa shape index (κ3) is 3.27. The molecule has 6 heteroatoms. The lowest BCUT2D eigenvalue weighted by Crippen LogP contribution is -2.15. The van der Waals surface area contributed by atoms with Crippen molar-refractivity contribution in [2.45, 2.75) is 0 Å². The molecule has 5 nitrogen and oxygen atoms in total. The van der Waals surface area contributed by atoms with E-state index in [1.54, 1.807) is 18.3 Å². The Morgan fingerprint density at radius 3 is 2.30 bits per heavy atom. The van der Waals surface area contributed by atoms with Crippen molar-refractivity contribution in [1.29, 1.82) is 0 Å². The number of nitrogens with one attached hydrogen (secondary N) is 1. The van der Waals surface area contributed by atoms with Crippen LogP contribution in [0.2, 0.25) is 0 Å². The Labute approximate surface area is 136 Å². The summed E-state index contributed by atoms with van der Waals surface area (Å²) in [4.78, 5) is 27.7. The standard InChI is InChI=1S/C17H12N2O3S/c20-15(12-8-4-5-9-13(12)17(21)22)19-14-10-18-16(23-14)11-6-2-1-3-7-11/h1-10H,(H,19,20)(H,21,22). The summed E-state index contributed by atoms with van der Waals surface area (Å²) in [6.45, 7) is 0. The van der Waals surface area contributed by atoms with Crippen LogP contribution in [-0.4, -0.2) is 22.0 Å². The summed E-state index contributed by atoms with van der Waals surface area (Å²) < 4.78 is 0. The summed E-state index contributed by atoms with van der Waals surface area (Å²) >= 11 is 1.33. The summed E-state index contributed by atoms with van der Waals surface area (Å²) in [5, 5.41) is 13.2. The zero-order valence-corrected chi connectivity index (χ0v) is 12.7. The van der Waals surface area contributed by atoms with Gasteiger partial charge in [0.1, 0.15) is 10.0 Å². The highest BCUT2D eigenvalue weighted by Gasteiger charge is 2.16. The van der Waals surface area contributed by atoms with Crippen LogP contribution in [0.1, 0.15) is 20.7 Å². The summed E-state index contributed by atoms with van der Waals surface area (Å²) in [6.07, 6.45) is 1.56. The molecule has 0 bridgehead atoms. The van der Waals surface area contributed by atoms with E-state index in [1.807, 2.05) is 30.3 Å². The van der Waals surface area contributed by atoms with Crippen LogP contribution in [0.3, 0.4) is 0 Å². The number of thiazole rings is 1. The molecule has 0 radical (unpaired) electrons. The van der Waals surface area contributed by atoms with Crippen LogP contribution in [0.15, 0.2) is 60.8 Å². The molecule has 2 aromatic carbocycles. The number of nitrogens with zero attached hydrogens (tertiary/aromatic N) is 1. The number of carbonyl (C=O) groups is 2. The average molecular weight is 324 g/mol. The normalized spacial score (nSPS) is 10.3. The number of carboxylic acids is 1. The second kappa shape index (κ2) is 6.41. The number of aromatic nitrogens is 1. The molecule has 1 amide bonds. The van der Waals surface area contributed by atoms with Crippen molar-refractivity contribution in [2.24, 2.45) is 0 Å². The lowest BCUT2D eigenvalue weighted by molar-refractivity contribution is 0.0692. The molecule has 1 heterocycles. The molecule has 0 fully saturated rings. The van der Waals surface area contributed by atoms with Gasteiger partial charge in [0, 0.05) is 5.56 Å². The van der Waals surface area contributed by atoms with Crippen LogP contribution in [0.4, 0.5) is 5.00 Å². The van der Waals surface area contributed by atoms with Crippen molar-refractivity contribution >= 4 is 28.2 Å². The fourth-order valence-electron chi connectivity index (χ4n) is 2.09. The molecule has 3 aromatic rings. The molecule has 114 valence electrons. The lowest BCUT2D eigenvalue weighted by atomic mass is 10.1. The highest BCUT2D eigenvalue weighted by Crippen LogP contribution is 2.28. The number of benzene rings is 2. The Kier molecular flexibility index (Phi) is 4.16. The van der Waals surface area contributed by atoms with Crippen LogP contribution in [0.5, 0.6) is 0 Å². The largest absolute Gasteiger partial charge is 0.478 e. The molecule has 0 aliphatic rings. The second-order valence-electron chi connectivity index (χ2n) is 4.70. The zero-order chi connectivity index (χ0) is 16.2. The Hall–Kier alpha value is -2.99. The van der Waals surface area contributed by atoms with Crippen molar-refractivity contribution < 1.29 is 14.7 Å². The monoisotopic (exact) mass is 324 g/mol. The second-order valence-corrected chi connectivity index (χ2v) is 5.73. The molecular formula is C17H12N2O3S. The van der Waals surface area contributed by atoms with E-state index in [9.17, 15) is 9.59 Å². The number of anilines is 1. The van der Waals surface area contributed by atoms with Gasteiger partial charge < -0.3 is 10.4 Å². The minimum atomic E-state index is -1.13. The number of hydrogen-bond donors (Lipinski definition) is 2. The summed E-state index contributed by atoms with van der Waals surface area (Å²) in [5.74, 6) is -1.60. The molecule has 0 saturated carbocycles. The van der Waals surface area contributed by atoms with Crippen LogP contribution in [0.25, 0.3) is 10.6 Å². The quantitative estimate of drug-likeness (QED) is 0.766. The van der Waals surface area contributed by atoms with Gasteiger partial charge in [-0.3, -0.25) is 4.79 Å². The summed E-state index contributed by atoms with van der Waals surface area (Å²) in [5.41, 5.74) is 1.05.